The highest BCUT2D eigenvalue weighted by Crippen LogP contribution is 2.31. The summed E-state index contributed by atoms with van der Waals surface area (Å²) in [5, 5.41) is 0. The minimum absolute atomic E-state index is 0.0871. The van der Waals surface area contributed by atoms with Gasteiger partial charge in [-0.1, -0.05) is 18.2 Å². The molecule has 0 spiro atoms. The fraction of sp³-hybridized carbons (Fsp3) is 0.350. The van der Waals surface area contributed by atoms with E-state index < -0.39 is 10.0 Å². The van der Waals surface area contributed by atoms with E-state index in [1.165, 1.54) is 30.6 Å². The zero-order valence-electron chi connectivity index (χ0n) is 15.8. The molecule has 1 fully saturated rings. The standard InChI is InChI=1S/C20H24N2O4S/c1-15-10-11-16(14-17(15)20(23)22-12-6-7-13-22)27(24,25)21(2)18-8-4-5-9-19(18)26-3/h4-5,8-11,14H,6-7,12-13H2,1-3H3. The average molecular weight is 388 g/mol. The number of para-hydroxylation sites is 2. The summed E-state index contributed by atoms with van der Waals surface area (Å²) in [5.41, 5.74) is 1.64. The molecule has 0 bridgehead atoms. The Morgan fingerprint density at radius 3 is 2.44 bits per heavy atom. The molecule has 0 radical (unpaired) electrons. The van der Waals surface area contributed by atoms with E-state index in [2.05, 4.69) is 0 Å². The number of benzene rings is 2. The van der Waals surface area contributed by atoms with E-state index in [4.69, 9.17) is 4.74 Å². The Bertz CT molecular complexity index is 950. The summed E-state index contributed by atoms with van der Waals surface area (Å²) in [4.78, 5) is 14.7. The van der Waals surface area contributed by atoms with Gasteiger partial charge < -0.3 is 9.64 Å². The van der Waals surface area contributed by atoms with Crippen LogP contribution in [0.4, 0.5) is 5.69 Å². The lowest BCUT2D eigenvalue weighted by molar-refractivity contribution is 0.0792. The summed E-state index contributed by atoms with van der Waals surface area (Å²) in [5.74, 6) is 0.353. The molecule has 1 saturated heterocycles. The van der Waals surface area contributed by atoms with E-state index in [1.54, 1.807) is 35.2 Å². The summed E-state index contributed by atoms with van der Waals surface area (Å²) in [7, 11) is -0.859. The van der Waals surface area contributed by atoms with E-state index in [-0.39, 0.29) is 10.8 Å². The van der Waals surface area contributed by atoms with Gasteiger partial charge >= 0.3 is 0 Å². The summed E-state index contributed by atoms with van der Waals surface area (Å²) in [6, 6.07) is 11.6. The van der Waals surface area contributed by atoms with Crippen molar-refractivity contribution in [1.82, 2.24) is 4.90 Å². The Hall–Kier alpha value is -2.54. The lowest BCUT2D eigenvalue weighted by Crippen LogP contribution is -2.30. The van der Waals surface area contributed by atoms with Crippen LogP contribution >= 0.6 is 0 Å². The fourth-order valence-electron chi connectivity index (χ4n) is 3.26. The highest BCUT2D eigenvalue weighted by Gasteiger charge is 2.27. The Balaban J connectivity index is 1.99. The van der Waals surface area contributed by atoms with Crippen LogP contribution in [0.25, 0.3) is 0 Å². The second-order valence-corrected chi connectivity index (χ2v) is 8.59. The van der Waals surface area contributed by atoms with Crippen molar-refractivity contribution in [1.29, 1.82) is 0 Å². The van der Waals surface area contributed by atoms with Crippen molar-refractivity contribution in [2.45, 2.75) is 24.7 Å². The van der Waals surface area contributed by atoms with Crippen molar-refractivity contribution in [3.05, 3.63) is 53.6 Å². The number of amides is 1. The van der Waals surface area contributed by atoms with Gasteiger partial charge in [0.1, 0.15) is 5.75 Å². The summed E-state index contributed by atoms with van der Waals surface area (Å²) in [6.07, 6.45) is 1.97. The molecule has 0 unspecified atom stereocenters. The molecule has 0 aromatic heterocycles. The van der Waals surface area contributed by atoms with Crippen LogP contribution in [-0.4, -0.2) is 46.5 Å². The van der Waals surface area contributed by atoms with E-state index in [0.29, 0.717) is 17.0 Å². The maximum atomic E-state index is 13.2. The molecule has 3 rings (SSSR count). The number of aryl methyl sites for hydroxylation is 1. The number of ether oxygens (including phenoxy) is 1. The second-order valence-electron chi connectivity index (χ2n) is 6.62. The molecule has 2 aromatic rings. The monoisotopic (exact) mass is 388 g/mol. The number of sulfonamides is 1. The SMILES string of the molecule is COc1ccccc1N(C)S(=O)(=O)c1ccc(C)c(C(=O)N2CCCC2)c1. The molecule has 1 aliphatic rings. The predicted molar refractivity (Wildman–Crippen MR) is 105 cm³/mol. The zero-order valence-corrected chi connectivity index (χ0v) is 16.6. The molecule has 0 atom stereocenters. The van der Waals surface area contributed by atoms with Gasteiger partial charge in [0.2, 0.25) is 0 Å². The molecule has 27 heavy (non-hydrogen) atoms. The first kappa shape index (κ1) is 19.2. The molecular weight excluding hydrogens is 364 g/mol. The van der Waals surface area contributed by atoms with Crippen molar-refractivity contribution in [3.63, 3.8) is 0 Å². The van der Waals surface area contributed by atoms with Crippen LogP contribution in [0.2, 0.25) is 0 Å². The number of nitrogens with zero attached hydrogens (tertiary/aromatic N) is 2. The Kier molecular flexibility index (Phi) is 5.41. The lowest BCUT2D eigenvalue weighted by atomic mass is 10.1. The predicted octanol–water partition coefficient (Wildman–Crippen LogP) is 3.06. The van der Waals surface area contributed by atoms with Gasteiger partial charge in [0.25, 0.3) is 15.9 Å². The molecule has 144 valence electrons. The topological polar surface area (TPSA) is 66.9 Å². The number of carbonyl (C=O) groups is 1. The van der Waals surface area contributed by atoms with Gasteiger partial charge in [-0.25, -0.2) is 8.42 Å². The van der Waals surface area contributed by atoms with Gasteiger partial charge in [0.05, 0.1) is 17.7 Å². The highest BCUT2D eigenvalue weighted by atomic mass is 32.2. The number of anilines is 1. The first-order chi connectivity index (χ1) is 12.9. The van der Waals surface area contributed by atoms with Crippen LogP contribution in [0.15, 0.2) is 47.4 Å². The van der Waals surface area contributed by atoms with Crippen molar-refractivity contribution in [2.75, 3.05) is 31.6 Å². The molecule has 1 aliphatic heterocycles. The number of likely N-dealkylation sites (tertiary alicyclic amines) is 1. The van der Waals surface area contributed by atoms with Crippen molar-refractivity contribution >= 4 is 21.6 Å². The lowest BCUT2D eigenvalue weighted by Gasteiger charge is -2.22. The summed E-state index contributed by atoms with van der Waals surface area (Å²) < 4.78 is 32.8. The van der Waals surface area contributed by atoms with Crippen LogP contribution < -0.4 is 9.04 Å². The number of rotatable bonds is 5. The average Bonchev–Trinajstić information content (AvgIpc) is 3.21. The normalized spacial score (nSPS) is 14.3. The molecule has 0 saturated carbocycles. The maximum Gasteiger partial charge on any atom is 0.264 e. The Morgan fingerprint density at radius 2 is 1.78 bits per heavy atom. The number of hydrogen-bond acceptors (Lipinski definition) is 4. The first-order valence-corrected chi connectivity index (χ1v) is 10.3. The van der Waals surface area contributed by atoms with Gasteiger partial charge in [-0.3, -0.25) is 9.10 Å². The zero-order chi connectivity index (χ0) is 19.6. The molecule has 1 amide bonds. The van der Waals surface area contributed by atoms with Crippen LogP contribution in [0.3, 0.4) is 0 Å². The third-order valence-corrected chi connectivity index (χ3v) is 6.68. The van der Waals surface area contributed by atoms with E-state index >= 15 is 0 Å². The van der Waals surface area contributed by atoms with E-state index in [9.17, 15) is 13.2 Å². The summed E-state index contributed by atoms with van der Waals surface area (Å²) in [6.45, 7) is 3.26. The van der Waals surface area contributed by atoms with Crippen LogP contribution in [0.5, 0.6) is 5.75 Å². The highest BCUT2D eigenvalue weighted by molar-refractivity contribution is 7.92. The molecule has 2 aromatic carbocycles. The van der Waals surface area contributed by atoms with Gasteiger partial charge in [-0.15, -0.1) is 0 Å². The van der Waals surface area contributed by atoms with Crippen LogP contribution in [-0.2, 0) is 10.0 Å². The molecule has 7 heteroatoms. The quantitative estimate of drug-likeness (QED) is 0.790. The number of methoxy groups -OCH3 is 1. The maximum absolute atomic E-state index is 13.2. The molecule has 0 aliphatic carbocycles. The van der Waals surface area contributed by atoms with Crippen LogP contribution in [0.1, 0.15) is 28.8 Å². The third-order valence-electron chi connectivity index (χ3n) is 4.92. The third kappa shape index (κ3) is 3.64. The minimum atomic E-state index is -3.84. The molecule has 0 N–H and O–H groups in total. The fourth-order valence-corrected chi connectivity index (χ4v) is 4.49. The van der Waals surface area contributed by atoms with Gasteiger partial charge in [-0.05, 0) is 49.6 Å². The molecular formula is C20H24N2O4S. The Labute approximate surface area is 160 Å². The van der Waals surface area contributed by atoms with Crippen molar-refractivity contribution in [3.8, 4) is 5.75 Å². The Morgan fingerprint density at radius 1 is 1.11 bits per heavy atom. The van der Waals surface area contributed by atoms with Gasteiger partial charge in [0, 0.05) is 25.7 Å². The minimum Gasteiger partial charge on any atom is -0.495 e. The largest absolute Gasteiger partial charge is 0.495 e. The van der Waals surface area contributed by atoms with Crippen molar-refractivity contribution < 1.29 is 17.9 Å². The van der Waals surface area contributed by atoms with E-state index in [0.717, 1.165) is 31.5 Å². The molecule has 6 nitrogen and oxygen atoms in total. The van der Waals surface area contributed by atoms with E-state index in [1.807, 2.05) is 6.92 Å². The smallest absolute Gasteiger partial charge is 0.264 e. The van der Waals surface area contributed by atoms with Gasteiger partial charge in [-0.2, -0.15) is 0 Å². The molecule has 1 heterocycles. The summed E-state index contributed by atoms with van der Waals surface area (Å²) >= 11 is 0. The number of carbonyl (C=O) groups excluding carboxylic acids is 1. The second kappa shape index (κ2) is 7.60. The number of hydrogen-bond donors (Lipinski definition) is 0. The van der Waals surface area contributed by atoms with Crippen LogP contribution in [0, 0.1) is 6.92 Å². The van der Waals surface area contributed by atoms with Gasteiger partial charge in [0.15, 0.2) is 0 Å². The van der Waals surface area contributed by atoms with Crippen molar-refractivity contribution in [2.24, 2.45) is 0 Å². The first-order valence-electron chi connectivity index (χ1n) is 8.88.